The van der Waals surface area contributed by atoms with Crippen LogP contribution >= 0.6 is 0 Å². The molecule has 0 bridgehead atoms. The van der Waals surface area contributed by atoms with Crippen molar-refractivity contribution < 1.29 is 4.39 Å². The lowest BCUT2D eigenvalue weighted by molar-refractivity contribution is 0.560. The Labute approximate surface area is 106 Å². The van der Waals surface area contributed by atoms with Gasteiger partial charge in [0.25, 0.3) is 0 Å². The number of benzene rings is 1. The summed E-state index contributed by atoms with van der Waals surface area (Å²) in [4.78, 5) is 4.15. The molecule has 0 spiro atoms. The topological polar surface area (TPSA) is 42.7 Å². The van der Waals surface area contributed by atoms with Gasteiger partial charge in [-0.3, -0.25) is 4.68 Å². The van der Waals surface area contributed by atoms with Gasteiger partial charge in [0.15, 0.2) is 5.82 Å². The number of nitrogens with one attached hydrogen (secondary N) is 1. The zero-order valence-electron chi connectivity index (χ0n) is 10.6. The average molecular weight is 248 g/mol. The van der Waals surface area contributed by atoms with Crippen molar-refractivity contribution in [1.82, 2.24) is 20.1 Å². The molecule has 0 fully saturated rings. The average Bonchev–Trinajstić information content (AvgIpc) is 2.75. The molecule has 0 saturated carbocycles. The molecule has 0 radical (unpaired) electrons. The molecule has 1 aromatic heterocycles. The van der Waals surface area contributed by atoms with Gasteiger partial charge < -0.3 is 5.32 Å². The van der Waals surface area contributed by atoms with Crippen LogP contribution in [-0.2, 0) is 13.5 Å². The SMILES string of the molecule is CC(NCCc1ncn(C)n1)c1cccc(F)c1. The second-order valence-corrected chi connectivity index (χ2v) is 4.32. The van der Waals surface area contributed by atoms with Crippen LogP contribution in [0.2, 0.25) is 0 Å². The Morgan fingerprint density at radius 1 is 1.44 bits per heavy atom. The predicted molar refractivity (Wildman–Crippen MR) is 67.5 cm³/mol. The number of hydrogen-bond acceptors (Lipinski definition) is 3. The molecule has 0 amide bonds. The van der Waals surface area contributed by atoms with Gasteiger partial charge in [-0.2, -0.15) is 5.10 Å². The molecular weight excluding hydrogens is 231 g/mol. The molecule has 2 rings (SSSR count). The highest BCUT2D eigenvalue weighted by atomic mass is 19.1. The standard InChI is InChI=1S/C13H17FN4/c1-10(11-4-3-5-12(14)8-11)15-7-6-13-16-9-18(2)17-13/h3-5,8-10,15H,6-7H2,1-2H3. The highest BCUT2D eigenvalue weighted by Gasteiger charge is 2.06. The second kappa shape index (κ2) is 5.73. The van der Waals surface area contributed by atoms with Crippen LogP contribution in [0.1, 0.15) is 24.4 Å². The first kappa shape index (κ1) is 12.7. The van der Waals surface area contributed by atoms with Crippen molar-refractivity contribution >= 4 is 0 Å². The van der Waals surface area contributed by atoms with Crippen molar-refractivity contribution in [2.24, 2.45) is 7.05 Å². The summed E-state index contributed by atoms with van der Waals surface area (Å²) < 4.78 is 14.8. The van der Waals surface area contributed by atoms with Crippen molar-refractivity contribution in [2.75, 3.05) is 6.54 Å². The minimum atomic E-state index is -0.201. The summed E-state index contributed by atoms with van der Waals surface area (Å²) in [5.41, 5.74) is 0.948. The summed E-state index contributed by atoms with van der Waals surface area (Å²) in [5.74, 6) is 0.615. The number of rotatable bonds is 5. The van der Waals surface area contributed by atoms with Gasteiger partial charge in [0.1, 0.15) is 12.1 Å². The monoisotopic (exact) mass is 248 g/mol. The lowest BCUT2D eigenvalue weighted by atomic mass is 10.1. The van der Waals surface area contributed by atoms with Crippen molar-refractivity contribution in [2.45, 2.75) is 19.4 Å². The number of aryl methyl sites for hydroxylation is 1. The third-order valence-corrected chi connectivity index (χ3v) is 2.79. The van der Waals surface area contributed by atoms with E-state index in [2.05, 4.69) is 15.4 Å². The van der Waals surface area contributed by atoms with E-state index < -0.39 is 0 Å². The van der Waals surface area contributed by atoms with Crippen LogP contribution in [0.25, 0.3) is 0 Å². The Balaban J connectivity index is 1.83. The molecule has 1 N–H and O–H groups in total. The van der Waals surface area contributed by atoms with Gasteiger partial charge in [-0.1, -0.05) is 12.1 Å². The van der Waals surface area contributed by atoms with E-state index >= 15 is 0 Å². The lowest BCUT2D eigenvalue weighted by Crippen LogP contribution is -2.21. The molecule has 96 valence electrons. The molecule has 0 aliphatic carbocycles. The molecule has 2 aromatic rings. The van der Waals surface area contributed by atoms with E-state index in [9.17, 15) is 4.39 Å². The summed E-state index contributed by atoms with van der Waals surface area (Å²) in [6.45, 7) is 2.78. The molecule has 1 unspecified atom stereocenters. The van der Waals surface area contributed by atoms with Gasteiger partial charge in [-0.15, -0.1) is 0 Å². The molecule has 0 saturated heterocycles. The molecule has 5 heteroatoms. The van der Waals surface area contributed by atoms with E-state index in [1.165, 1.54) is 6.07 Å². The van der Waals surface area contributed by atoms with Crippen LogP contribution in [0.5, 0.6) is 0 Å². The van der Waals surface area contributed by atoms with Crippen molar-refractivity contribution in [3.8, 4) is 0 Å². The normalized spacial score (nSPS) is 12.6. The van der Waals surface area contributed by atoms with Gasteiger partial charge in [0.05, 0.1) is 0 Å². The zero-order chi connectivity index (χ0) is 13.0. The number of halogens is 1. The third kappa shape index (κ3) is 3.37. The molecular formula is C13H17FN4. The summed E-state index contributed by atoms with van der Waals surface area (Å²) in [6, 6.07) is 6.76. The minimum absolute atomic E-state index is 0.115. The maximum absolute atomic E-state index is 13.1. The Morgan fingerprint density at radius 3 is 2.94 bits per heavy atom. The van der Waals surface area contributed by atoms with Crippen molar-refractivity contribution in [3.63, 3.8) is 0 Å². The first-order valence-corrected chi connectivity index (χ1v) is 5.98. The fourth-order valence-corrected chi connectivity index (χ4v) is 1.79. The summed E-state index contributed by atoms with van der Waals surface area (Å²) in [7, 11) is 1.85. The number of aromatic nitrogens is 3. The Bertz CT molecular complexity index is 509. The van der Waals surface area contributed by atoms with Crippen LogP contribution in [-0.4, -0.2) is 21.3 Å². The van der Waals surface area contributed by atoms with Crippen molar-refractivity contribution in [3.05, 3.63) is 47.8 Å². The van der Waals surface area contributed by atoms with E-state index in [0.29, 0.717) is 0 Å². The zero-order valence-corrected chi connectivity index (χ0v) is 10.6. The minimum Gasteiger partial charge on any atom is -0.310 e. The maximum Gasteiger partial charge on any atom is 0.151 e. The van der Waals surface area contributed by atoms with Gasteiger partial charge in [-0.25, -0.2) is 9.37 Å². The third-order valence-electron chi connectivity index (χ3n) is 2.79. The van der Waals surface area contributed by atoms with Crippen LogP contribution in [0.4, 0.5) is 4.39 Å². The van der Waals surface area contributed by atoms with E-state index in [1.807, 2.05) is 20.0 Å². The molecule has 4 nitrogen and oxygen atoms in total. The molecule has 18 heavy (non-hydrogen) atoms. The summed E-state index contributed by atoms with van der Waals surface area (Å²) in [5, 5.41) is 7.53. The smallest absolute Gasteiger partial charge is 0.151 e. The van der Waals surface area contributed by atoms with E-state index in [1.54, 1.807) is 23.1 Å². The molecule has 1 aromatic carbocycles. The predicted octanol–water partition coefficient (Wildman–Crippen LogP) is 1.85. The largest absolute Gasteiger partial charge is 0.310 e. The molecule has 0 aliphatic rings. The van der Waals surface area contributed by atoms with Gasteiger partial charge in [-0.05, 0) is 24.6 Å². The fraction of sp³-hybridized carbons (Fsp3) is 0.385. The van der Waals surface area contributed by atoms with Gasteiger partial charge in [0, 0.05) is 26.1 Å². The van der Waals surface area contributed by atoms with Gasteiger partial charge in [0.2, 0.25) is 0 Å². The van der Waals surface area contributed by atoms with E-state index in [-0.39, 0.29) is 11.9 Å². The van der Waals surface area contributed by atoms with E-state index in [4.69, 9.17) is 0 Å². The Morgan fingerprint density at radius 2 is 2.28 bits per heavy atom. The highest BCUT2D eigenvalue weighted by molar-refractivity contribution is 5.19. The van der Waals surface area contributed by atoms with Gasteiger partial charge >= 0.3 is 0 Å². The van der Waals surface area contributed by atoms with Crippen LogP contribution < -0.4 is 5.32 Å². The quantitative estimate of drug-likeness (QED) is 0.878. The number of nitrogens with zero attached hydrogens (tertiary/aromatic N) is 3. The summed E-state index contributed by atoms with van der Waals surface area (Å²) in [6.07, 6.45) is 2.45. The first-order chi connectivity index (χ1) is 8.65. The van der Waals surface area contributed by atoms with E-state index in [0.717, 1.165) is 24.4 Å². The van der Waals surface area contributed by atoms with Crippen LogP contribution in [0.15, 0.2) is 30.6 Å². The first-order valence-electron chi connectivity index (χ1n) is 5.98. The highest BCUT2D eigenvalue weighted by Crippen LogP contribution is 2.13. The maximum atomic E-state index is 13.1. The Hall–Kier alpha value is -1.75. The number of hydrogen-bond donors (Lipinski definition) is 1. The summed E-state index contributed by atoms with van der Waals surface area (Å²) >= 11 is 0. The lowest BCUT2D eigenvalue weighted by Gasteiger charge is -2.13. The molecule has 1 atom stereocenters. The Kier molecular flexibility index (Phi) is 4.04. The molecule has 1 heterocycles. The van der Waals surface area contributed by atoms with Crippen LogP contribution in [0, 0.1) is 5.82 Å². The second-order valence-electron chi connectivity index (χ2n) is 4.32. The van der Waals surface area contributed by atoms with Crippen molar-refractivity contribution in [1.29, 1.82) is 0 Å². The van der Waals surface area contributed by atoms with Crippen LogP contribution in [0.3, 0.4) is 0 Å². The fourth-order valence-electron chi connectivity index (χ4n) is 1.79. The molecule has 0 aliphatic heterocycles.